The molecule has 0 aromatic carbocycles. The average molecular weight is 124 g/mol. The molecule has 1 heteroatoms. The quantitative estimate of drug-likeness (QED) is 0.482. The van der Waals surface area contributed by atoms with Gasteiger partial charge in [-0.1, -0.05) is 13.0 Å². The fourth-order valence-electron chi connectivity index (χ4n) is 1.17. The highest BCUT2D eigenvalue weighted by atomic mass is 16.1. The molecule has 0 aromatic heterocycles. The first-order chi connectivity index (χ1) is 4.22. The molecule has 0 aromatic rings. The van der Waals surface area contributed by atoms with E-state index in [0.29, 0.717) is 5.78 Å². The molecule has 9 heavy (non-hydrogen) atoms. The third-order valence-electron chi connectivity index (χ3n) is 1.89. The van der Waals surface area contributed by atoms with E-state index in [-0.39, 0.29) is 5.92 Å². The molecule has 1 rings (SSSR count). The van der Waals surface area contributed by atoms with Crippen LogP contribution in [0.2, 0.25) is 0 Å². The number of allylic oxidation sites excluding steroid dienone is 2. The minimum atomic E-state index is 0.273. The molecule has 0 spiro atoms. The van der Waals surface area contributed by atoms with Gasteiger partial charge in [0.2, 0.25) is 0 Å². The molecular formula is C8H12O. The van der Waals surface area contributed by atoms with Crippen molar-refractivity contribution in [3.8, 4) is 0 Å². The Bertz CT molecular complexity index is 156. The fraction of sp³-hybridized carbons (Fsp3) is 0.625. The van der Waals surface area contributed by atoms with Crippen molar-refractivity contribution in [1.29, 1.82) is 0 Å². The SMILES string of the molecule is CC1=CCCC(C)C1=O. The minimum absolute atomic E-state index is 0.273. The number of hydrogen-bond acceptors (Lipinski definition) is 1. The molecule has 0 amide bonds. The topological polar surface area (TPSA) is 17.1 Å². The van der Waals surface area contributed by atoms with Crippen molar-refractivity contribution < 1.29 is 4.79 Å². The van der Waals surface area contributed by atoms with Crippen LogP contribution in [-0.2, 0) is 4.79 Å². The minimum Gasteiger partial charge on any atom is -0.294 e. The van der Waals surface area contributed by atoms with E-state index in [9.17, 15) is 4.79 Å². The lowest BCUT2D eigenvalue weighted by molar-refractivity contribution is -0.119. The van der Waals surface area contributed by atoms with Crippen LogP contribution >= 0.6 is 0 Å². The van der Waals surface area contributed by atoms with Crippen molar-refractivity contribution in [3.05, 3.63) is 11.6 Å². The maximum Gasteiger partial charge on any atom is 0.161 e. The van der Waals surface area contributed by atoms with Gasteiger partial charge in [-0.3, -0.25) is 4.79 Å². The van der Waals surface area contributed by atoms with Crippen LogP contribution < -0.4 is 0 Å². The lowest BCUT2D eigenvalue weighted by Crippen LogP contribution is -2.15. The highest BCUT2D eigenvalue weighted by Crippen LogP contribution is 2.18. The molecule has 0 radical (unpaired) electrons. The molecule has 1 aliphatic rings. The van der Waals surface area contributed by atoms with E-state index in [1.807, 2.05) is 19.9 Å². The average Bonchev–Trinajstić information content (AvgIpc) is 1.83. The van der Waals surface area contributed by atoms with Crippen LogP contribution in [0.15, 0.2) is 11.6 Å². The smallest absolute Gasteiger partial charge is 0.161 e. The first kappa shape index (κ1) is 6.53. The van der Waals surface area contributed by atoms with Crippen molar-refractivity contribution in [2.45, 2.75) is 26.7 Å². The van der Waals surface area contributed by atoms with Crippen molar-refractivity contribution in [1.82, 2.24) is 0 Å². The molecule has 50 valence electrons. The maximum atomic E-state index is 11.1. The standard InChI is InChI=1S/C8H12O/c1-6-4-3-5-7(2)8(6)9/h4,7H,3,5H2,1-2H3. The molecule has 0 N–H and O–H groups in total. The fourth-order valence-corrected chi connectivity index (χ4v) is 1.17. The van der Waals surface area contributed by atoms with Crippen LogP contribution in [0.25, 0.3) is 0 Å². The Morgan fingerprint density at radius 3 is 2.78 bits per heavy atom. The number of rotatable bonds is 0. The van der Waals surface area contributed by atoms with Crippen molar-refractivity contribution in [2.24, 2.45) is 5.92 Å². The highest BCUT2D eigenvalue weighted by Gasteiger charge is 2.16. The van der Waals surface area contributed by atoms with Gasteiger partial charge in [0, 0.05) is 5.92 Å². The summed E-state index contributed by atoms with van der Waals surface area (Å²) in [4.78, 5) is 11.1. The van der Waals surface area contributed by atoms with Crippen LogP contribution in [0, 0.1) is 5.92 Å². The third-order valence-corrected chi connectivity index (χ3v) is 1.89. The number of hydrogen-bond donors (Lipinski definition) is 0. The summed E-state index contributed by atoms with van der Waals surface area (Å²) in [6.07, 6.45) is 4.15. The zero-order valence-electron chi connectivity index (χ0n) is 5.98. The van der Waals surface area contributed by atoms with Crippen LogP contribution in [0.1, 0.15) is 26.7 Å². The third kappa shape index (κ3) is 1.21. The first-order valence-electron chi connectivity index (χ1n) is 3.43. The second kappa shape index (κ2) is 2.34. The highest BCUT2D eigenvalue weighted by molar-refractivity contribution is 5.96. The molecule has 1 atom stereocenters. The first-order valence-corrected chi connectivity index (χ1v) is 3.43. The Labute approximate surface area is 55.8 Å². The molecule has 0 bridgehead atoms. The molecule has 0 fully saturated rings. The molecule has 1 nitrogen and oxygen atoms in total. The summed E-state index contributed by atoms with van der Waals surface area (Å²) in [5.41, 5.74) is 0.953. The summed E-state index contributed by atoms with van der Waals surface area (Å²) in [6, 6.07) is 0. The molecule has 1 unspecified atom stereocenters. The van der Waals surface area contributed by atoms with Gasteiger partial charge in [-0.2, -0.15) is 0 Å². The van der Waals surface area contributed by atoms with Gasteiger partial charge in [0.15, 0.2) is 5.78 Å². The summed E-state index contributed by atoms with van der Waals surface area (Å²) >= 11 is 0. The van der Waals surface area contributed by atoms with Crippen LogP contribution in [0.3, 0.4) is 0 Å². The van der Waals surface area contributed by atoms with Crippen molar-refractivity contribution >= 4 is 5.78 Å². The molecule has 1 aliphatic carbocycles. The van der Waals surface area contributed by atoms with Gasteiger partial charge in [-0.25, -0.2) is 0 Å². The number of carbonyl (C=O) groups is 1. The largest absolute Gasteiger partial charge is 0.294 e. The lowest BCUT2D eigenvalue weighted by Gasteiger charge is -2.13. The van der Waals surface area contributed by atoms with Crippen molar-refractivity contribution in [3.63, 3.8) is 0 Å². The zero-order valence-corrected chi connectivity index (χ0v) is 5.98. The summed E-state index contributed by atoms with van der Waals surface area (Å²) in [5.74, 6) is 0.608. The van der Waals surface area contributed by atoms with Gasteiger partial charge in [0.25, 0.3) is 0 Å². The summed E-state index contributed by atoms with van der Waals surface area (Å²) in [5, 5.41) is 0. The Balaban J connectivity index is 2.74. The zero-order chi connectivity index (χ0) is 6.85. The number of carbonyl (C=O) groups excluding carboxylic acids is 1. The van der Waals surface area contributed by atoms with Gasteiger partial charge >= 0.3 is 0 Å². The second-order valence-electron chi connectivity index (χ2n) is 2.73. The second-order valence-corrected chi connectivity index (χ2v) is 2.73. The Morgan fingerprint density at radius 2 is 2.33 bits per heavy atom. The van der Waals surface area contributed by atoms with E-state index >= 15 is 0 Å². The molecule has 0 heterocycles. The molecular weight excluding hydrogens is 112 g/mol. The van der Waals surface area contributed by atoms with Crippen molar-refractivity contribution in [2.75, 3.05) is 0 Å². The van der Waals surface area contributed by atoms with E-state index in [4.69, 9.17) is 0 Å². The van der Waals surface area contributed by atoms with Crippen LogP contribution in [0.5, 0.6) is 0 Å². The van der Waals surface area contributed by atoms with E-state index in [1.165, 1.54) is 0 Å². The predicted molar refractivity (Wildman–Crippen MR) is 37.2 cm³/mol. The maximum absolute atomic E-state index is 11.1. The summed E-state index contributed by atoms with van der Waals surface area (Å²) < 4.78 is 0. The number of Topliss-reactive ketones (excluding diaryl/α,β-unsaturated/α-hetero) is 1. The normalized spacial score (nSPS) is 28.0. The molecule has 0 saturated heterocycles. The van der Waals surface area contributed by atoms with Gasteiger partial charge in [0.05, 0.1) is 0 Å². The Hall–Kier alpha value is -0.590. The van der Waals surface area contributed by atoms with E-state index in [0.717, 1.165) is 18.4 Å². The Kier molecular flexibility index (Phi) is 1.70. The molecule has 0 aliphatic heterocycles. The van der Waals surface area contributed by atoms with Crippen LogP contribution in [0.4, 0.5) is 0 Å². The predicted octanol–water partition coefficient (Wildman–Crippen LogP) is 1.93. The van der Waals surface area contributed by atoms with E-state index in [2.05, 4.69) is 0 Å². The lowest BCUT2D eigenvalue weighted by atomic mass is 9.90. The summed E-state index contributed by atoms with van der Waals surface area (Å²) in [7, 11) is 0. The van der Waals surface area contributed by atoms with Gasteiger partial charge in [0.1, 0.15) is 0 Å². The Morgan fingerprint density at radius 1 is 1.67 bits per heavy atom. The molecule has 0 saturated carbocycles. The monoisotopic (exact) mass is 124 g/mol. The van der Waals surface area contributed by atoms with E-state index in [1.54, 1.807) is 0 Å². The van der Waals surface area contributed by atoms with Gasteiger partial charge in [-0.05, 0) is 25.3 Å². The van der Waals surface area contributed by atoms with Gasteiger partial charge < -0.3 is 0 Å². The van der Waals surface area contributed by atoms with E-state index < -0.39 is 0 Å². The summed E-state index contributed by atoms with van der Waals surface area (Å²) in [6.45, 7) is 3.90. The number of ketones is 1. The van der Waals surface area contributed by atoms with Gasteiger partial charge in [-0.15, -0.1) is 0 Å². The van der Waals surface area contributed by atoms with Crippen LogP contribution in [-0.4, -0.2) is 5.78 Å².